The number of anilines is 1. The van der Waals surface area contributed by atoms with Gasteiger partial charge in [0.1, 0.15) is 17.9 Å². The van der Waals surface area contributed by atoms with Crippen LogP contribution in [0.3, 0.4) is 0 Å². The van der Waals surface area contributed by atoms with E-state index in [4.69, 9.17) is 21.4 Å². The van der Waals surface area contributed by atoms with E-state index in [0.717, 1.165) is 21.2 Å². The zero-order valence-electron chi connectivity index (χ0n) is 19.7. The number of benzene rings is 4. The van der Waals surface area contributed by atoms with Crippen molar-refractivity contribution >= 4 is 58.0 Å². The maximum Gasteiger partial charge on any atom is 0.335 e. The molecule has 0 radical (unpaired) electrons. The molecule has 1 aliphatic rings. The Hall–Kier alpha value is -4.95. The predicted molar refractivity (Wildman–Crippen MR) is 142 cm³/mol. The summed E-state index contributed by atoms with van der Waals surface area (Å²) < 4.78 is 6.06. The average molecular weight is 527 g/mol. The lowest BCUT2D eigenvalue weighted by atomic mass is 9.99. The number of hydrogen-bond acceptors (Lipinski definition) is 5. The number of carboxylic acids is 1. The van der Waals surface area contributed by atoms with Crippen molar-refractivity contribution in [3.8, 4) is 5.75 Å². The average Bonchev–Trinajstić information content (AvgIpc) is 2.91. The standard InChI is InChI=1S/C29H19ClN2O6/c30-20-10-12-21(13-11-20)32-27(34)24(26(33)31-29(32)37)15-23-22-4-2-1-3-18(22)9-14-25(23)38-16-17-5-7-19(8-6-17)28(35)36/h1-15H,16H2,(H,35,36)(H,31,33,37)/b24-15-. The van der Waals surface area contributed by atoms with E-state index in [0.29, 0.717) is 16.3 Å². The van der Waals surface area contributed by atoms with Crippen LogP contribution >= 0.6 is 11.6 Å². The lowest BCUT2D eigenvalue weighted by Gasteiger charge is -2.26. The summed E-state index contributed by atoms with van der Waals surface area (Å²) in [6.45, 7) is 0.115. The number of ether oxygens (including phenoxy) is 1. The summed E-state index contributed by atoms with van der Waals surface area (Å²) in [7, 11) is 0. The number of rotatable bonds is 6. The number of barbiturate groups is 1. The number of halogens is 1. The zero-order valence-corrected chi connectivity index (χ0v) is 20.4. The van der Waals surface area contributed by atoms with Gasteiger partial charge in [0.25, 0.3) is 11.8 Å². The summed E-state index contributed by atoms with van der Waals surface area (Å²) in [4.78, 5) is 50.8. The van der Waals surface area contributed by atoms with Crippen LogP contribution in [0.2, 0.25) is 5.02 Å². The van der Waals surface area contributed by atoms with Crippen LogP contribution in [-0.4, -0.2) is 28.9 Å². The minimum Gasteiger partial charge on any atom is -0.488 e. The second-order valence-corrected chi connectivity index (χ2v) is 8.86. The van der Waals surface area contributed by atoms with Crippen molar-refractivity contribution in [2.45, 2.75) is 6.61 Å². The SMILES string of the molecule is O=C1NC(=O)N(c2ccc(Cl)cc2)C(=O)/C1=C\c1c(OCc2ccc(C(=O)O)cc2)ccc2ccccc12. The van der Waals surface area contributed by atoms with Crippen LogP contribution in [0.25, 0.3) is 16.8 Å². The Bertz CT molecular complexity index is 1630. The molecule has 1 saturated heterocycles. The van der Waals surface area contributed by atoms with Gasteiger partial charge in [-0.15, -0.1) is 0 Å². The molecule has 1 fully saturated rings. The molecule has 8 nitrogen and oxygen atoms in total. The third-order valence-corrected chi connectivity index (χ3v) is 6.25. The normalized spacial score (nSPS) is 14.6. The highest BCUT2D eigenvalue weighted by atomic mass is 35.5. The van der Waals surface area contributed by atoms with E-state index < -0.39 is 23.8 Å². The molecule has 0 bridgehead atoms. The van der Waals surface area contributed by atoms with Gasteiger partial charge in [0.05, 0.1) is 11.3 Å². The monoisotopic (exact) mass is 526 g/mol. The maximum absolute atomic E-state index is 13.4. The third kappa shape index (κ3) is 4.85. The second-order valence-electron chi connectivity index (χ2n) is 8.42. The molecule has 0 aliphatic carbocycles. The highest BCUT2D eigenvalue weighted by molar-refractivity contribution is 6.39. The first-order valence-corrected chi connectivity index (χ1v) is 11.8. The van der Waals surface area contributed by atoms with Gasteiger partial charge in [-0.25, -0.2) is 14.5 Å². The summed E-state index contributed by atoms with van der Waals surface area (Å²) >= 11 is 5.94. The number of carboxylic acid groups (broad SMARTS) is 1. The molecule has 5 rings (SSSR count). The van der Waals surface area contributed by atoms with Crippen LogP contribution in [-0.2, 0) is 16.2 Å². The molecule has 2 N–H and O–H groups in total. The Balaban J connectivity index is 1.54. The smallest absolute Gasteiger partial charge is 0.335 e. The first-order valence-electron chi connectivity index (χ1n) is 11.5. The number of hydrogen-bond donors (Lipinski definition) is 2. The Kier molecular flexibility index (Phi) is 6.64. The van der Waals surface area contributed by atoms with Gasteiger partial charge in [-0.2, -0.15) is 0 Å². The van der Waals surface area contributed by atoms with Crippen LogP contribution in [0.1, 0.15) is 21.5 Å². The summed E-state index contributed by atoms with van der Waals surface area (Å²) in [6.07, 6.45) is 1.41. The van der Waals surface area contributed by atoms with Gasteiger partial charge in [-0.05, 0) is 64.9 Å². The van der Waals surface area contributed by atoms with E-state index in [1.165, 1.54) is 42.5 Å². The van der Waals surface area contributed by atoms with Gasteiger partial charge in [-0.1, -0.05) is 54.1 Å². The second kappa shape index (κ2) is 10.2. The Morgan fingerprint density at radius 2 is 1.63 bits per heavy atom. The largest absolute Gasteiger partial charge is 0.488 e. The summed E-state index contributed by atoms with van der Waals surface area (Å²) in [5.41, 5.74) is 1.38. The highest BCUT2D eigenvalue weighted by Crippen LogP contribution is 2.32. The lowest BCUT2D eigenvalue weighted by molar-refractivity contribution is -0.122. The molecule has 38 heavy (non-hydrogen) atoms. The molecule has 4 aromatic rings. The molecule has 4 amide bonds. The van der Waals surface area contributed by atoms with E-state index in [2.05, 4.69) is 5.32 Å². The topological polar surface area (TPSA) is 113 Å². The van der Waals surface area contributed by atoms with Crippen LogP contribution in [0.4, 0.5) is 10.5 Å². The zero-order chi connectivity index (χ0) is 26.8. The van der Waals surface area contributed by atoms with E-state index in [1.54, 1.807) is 18.2 Å². The number of urea groups is 1. The van der Waals surface area contributed by atoms with Gasteiger partial charge in [0.2, 0.25) is 0 Å². The van der Waals surface area contributed by atoms with Crippen molar-refractivity contribution < 1.29 is 29.0 Å². The van der Waals surface area contributed by atoms with E-state index in [9.17, 15) is 19.2 Å². The fourth-order valence-electron chi connectivity index (χ4n) is 4.08. The minimum atomic E-state index is -1.03. The summed E-state index contributed by atoms with van der Waals surface area (Å²) in [6, 6.07) is 22.5. The molecule has 1 heterocycles. The maximum atomic E-state index is 13.4. The molecular formula is C29H19ClN2O6. The number of amides is 4. The van der Waals surface area contributed by atoms with Crippen molar-refractivity contribution in [3.05, 3.63) is 112 Å². The van der Waals surface area contributed by atoms with Crippen molar-refractivity contribution in [1.82, 2.24) is 5.32 Å². The van der Waals surface area contributed by atoms with Crippen molar-refractivity contribution in [2.24, 2.45) is 0 Å². The fraction of sp³-hybridized carbons (Fsp3) is 0.0345. The number of nitrogens with one attached hydrogen (secondary N) is 1. The van der Waals surface area contributed by atoms with Gasteiger partial charge in [0.15, 0.2) is 0 Å². The quantitative estimate of drug-likeness (QED) is 0.255. The van der Waals surface area contributed by atoms with Gasteiger partial charge >= 0.3 is 12.0 Å². The number of fused-ring (bicyclic) bond motifs is 1. The van der Waals surface area contributed by atoms with Crippen LogP contribution in [0.15, 0.2) is 90.5 Å². The predicted octanol–water partition coefficient (Wildman–Crippen LogP) is 5.44. The lowest BCUT2D eigenvalue weighted by Crippen LogP contribution is -2.54. The van der Waals surface area contributed by atoms with Crippen LogP contribution < -0.4 is 15.0 Å². The summed E-state index contributed by atoms with van der Waals surface area (Å²) in [5.74, 6) is -2.24. The van der Waals surface area contributed by atoms with Gasteiger partial charge in [-0.3, -0.25) is 14.9 Å². The number of carbonyl (C=O) groups is 4. The third-order valence-electron chi connectivity index (χ3n) is 6.00. The Labute approximate surface area is 221 Å². The number of nitrogens with zero attached hydrogens (tertiary/aromatic N) is 1. The van der Waals surface area contributed by atoms with Crippen molar-refractivity contribution in [1.29, 1.82) is 0 Å². The molecule has 188 valence electrons. The summed E-state index contributed by atoms with van der Waals surface area (Å²) in [5, 5.41) is 13.3. The first-order chi connectivity index (χ1) is 18.3. The molecule has 0 aromatic heterocycles. The Morgan fingerprint density at radius 1 is 0.921 bits per heavy atom. The van der Waals surface area contributed by atoms with Gasteiger partial charge in [0, 0.05) is 10.6 Å². The molecule has 0 atom stereocenters. The molecule has 0 saturated carbocycles. The molecule has 4 aromatic carbocycles. The minimum absolute atomic E-state index is 0.115. The van der Waals surface area contributed by atoms with Crippen LogP contribution in [0, 0.1) is 0 Å². The van der Waals surface area contributed by atoms with Crippen molar-refractivity contribution in [3.63, 3.8) is 0 Å². The first kappa shape index (κ1) is 24.7. The highest BCUT2D eigenvalue weighted by Gasteiger charge is 2.37. The number of carbonyl (C=O) groups excluding carboxylic acids is 3. The molecule has 0 spiro atoms. The van der Waals surface area contributed by atoms with E-state index >= 15 is 0 Å². The van der Waals surface area contributed by atoms with Crippen molar-refractivity contribution in [2.75, 3.05) is 4.90 Å². The van der Waals surface area contributed by atoms with E-state index in [1.807, 2.05) is 30.3 Å². The molecule has 9 heteroatoms. The Morgan fingerprint density at radius 3 is 2.34 bits per heavy atom. The molecule has 1 aliphatic heterocycles. The fourth-order valence-corrected chi connectivity index (χ4v) is 4.21. The number of aromatic carboxylic acids is 1. The molecular weight excluding hydrogens is 508 g/mol. The van der Waals surface area contributed by atoms with Gasteiger partial charge < -0.3 is 9.84 Å². The molecule has 0 unspecified atom stereocenters. The number of imide groups is 2. The van der Waals surface area contributed by atoms with E-state index in [-0.39, 0.29) is 23.4 Å². The van der Waals surface area contributed by atoms with Crippen LogP contribution in [0.5, 0.6) is 5.75 Å².